The maximum Gasteiger partial charge on any atom is 0.431 e. The molecule has 0 amide bonds. The number of alkyl halides is 7. The summed E-state index contributed by atoms with van der Waals surface area (Å²) in [4.78, 5) is 0. The molecule has 0 aliphatic heterocycles. The van der Waals surface area contributed by atoms with E-state index in [4.69, 9.17) is 0 Å². The van der Waals surface area contributed by atoms with E-state index in [0.29, 0.717) is 6.42 Å². The van der Waals surface area contributed by atoms with E-state index in [1.54, 1.807) is 0 Å². The summed E-state index contributed by atoms with van der Waals surface area (Å²) < 4.78 is 87.5. The van der Waals surface area contributed by atoms with E-state index >= 15 is 0 Å². The molecule has 0 aliphatic carbocycles. The molecular formula is C18H31F7. The van der Waals surface area contributed by atoms with Gasteiger partial charge in [0, 0.05) is 0 Å². The maximum atomic E-state index is 13.4. The van der Waals surface area contributed by atoms with Crippen LogP contribution in [0.2, 0.25) is 0 Å². The molecular weight excluding hydrogens is 349 g/mol. The summed E-state index contributed by atoms with van der Waals surface area (Å²) in [7, 11) is 0. The average Bonchev–Trinajstić information content (AvgIpc) is 2.49. The van der Waals surface area contributed by atoms with Crippen LogP contribution >= 0.6 is 0 Å². The first-order valence-electron chi connectivity index (χ1n) is 9.38. The van der Waals surface area contributed by atoms with Gasteiger partial charge in [0.25, 0.3) is 5.67 Å². The summed E-state index contributed by atoms with van der Waals surface area (Å²) in [5.41, 5.74) is -5.09. The molecule has 0 bridgehead atoms. The van der Waals surface area contributed by atoms with Crippen molar-refractivity contribution in [2.24, 2.45) is 0 Å². The van der Waals surface area contributed by atoms with Crippen LogP contribution in [0.5, 0.6) is 0 Å². The summed E-state index contributed by atoms with van der Waals surface area (Å²) in [6, 6.07) is 0. The van der Waals surface area contributed by atoms with Crippen LogP contribution in [0.15, 0.2) is 0 Å². The van der Waals surface area contributed by atoms with E-state index in [1.807, 2.05) is 0 Å². The van der Waals surface area contributed by atoms with E-state index in [-0.39, 0.29) is 6.42 Å². The largest absolute Gasteiger partial charge is 0.431 e. The Balaban J connectivity index is 3.69. The highest BCUT2D eigenvalue weighted by molar-refractivity contribution is 4.94. The summed E-state index contributed by atoms with van der Waals surface area (Å²) >= 11 is 0. The average molecular weight is 380 g/mol. The Bertz CT molecular complexity index is 306. The number of unbranched alkanes of at least 4 members (excludes halogenated alkanes) is 12. The zero-order valence-corrected chi connectivity index (χ0v) is 15.0. The van der Waals surface area contributed by atoms with Crippen LogP contribution in [-0.2, 0) is 0 Å². The molecule has 0 atom stereocenters. The van der Waals surface area contributed by atoms with Crippen LogP contribution < -0.4 is 0 Å². The number of hydrogen-bond acceptors (Lipinski definition) is 0. The number of hydrogen-bond donors (Lipinski definition) is 0. The van der Waals surface area contributed by atoms with Crippen molar-refractivity contribution in [3.63, 3.8) is 0 Å². The highest BCUT2D eigenvalue weighted by atomic mass is 19.4. The molecule has 0 aliphatic rings. The Labute approximate surface area is 146 Å². The van der Waals surface area contributed by atoms with Crippen LogP contribution in [0.4, 0.5) is 30.7 Å². The van der Waals surface area contributed by atoms with Gasteiger partial charge in [-0.1, -0.05) is 84.0 Å². The molecule has 0 saturated carbocycles. The van der Waals surface area contributed by atoms with Crippen molar-refractivity contribution in [1.29, 1.82) is 0 Å². The molecule has 0 rings (SSSR count). The summed E-state index contributed by atoms with van der Waals surface area (Å²) in [6.07, 6.45) is -1.82. The second kappa shape index (κ2) is 12.0. The van der Waals surface area contributed by atoms with E-state index < -0.39 is 30.9 Å². The van der Waals surface area contributed by atoms with Gasteiger partial charge < -0.3 is 0 Å². The fourth-order valence-electron chi connectivity index (χ4n) is 2.83. The zero-order chi connectivity index (χ0) is 19.4. The van der Waals surface area contributed by atoms with Crippen molar-refractivity contribution in [1.82, 2.24) is 0 Å². The van der Waals surface area contributed by atoms with Gasteiger partial charge in [0.05, 0.1) is 0 Å². The lowest BCUT2D eigenvalue weighted by molar-refractivity contribution is -0.343. The van der Waals surface area contributed by atoms with Crippen molar-refractivity contribution in [2.75, 3.05) is 0 Å². The smallest absolute Gasteiger partial charge is 0.224 e. The van der Waals surface area contributed by atoms with Crippen molar-refractivity contribution in [3.8, 4) is 0 Å². The third-order valence-electron chi connectivity index (χ3n) is 4.52. The molecule has 0 spiro atoms. The molecule has 0 saturated heterocycles. The molecule has 0 unspecified atom stereocenters. The van der Waals surface area contributed by atoms with Crippen molar-refractivity contribution in [3.05, 3.63) is 0 Å². The molecule has 0 N–H and O–H groups in total. The van der Waals surface area contributed by atoms with E-state index in [1.165, 1.54) is 38.5 Å². The lowest BCUT2D eigenvalue weighted by Gasteiger charge is -2.29. The predicted molar refractivity (Wildman–Crippen MR) is 86.3 cm³/mol. The number of rotatable bonds is 14. The Hall–Kier alpha value is -0.490. The normalized spacial score (nSPS) is 13.4. The molecule has 0 radical (unpaired) electrons. The summed E-state index contributed by atoms with van der Waals surface area (Å²) in [6.45, 7) is 2.17. The Kier molecular flexibility index (Phi) is 11.8. The van der Waals surface area contributed by atoms with Gasteiger partial charge in [-0.15, -0.1) is 0 Å². The highest BCUT2D eigenvalue weighted by Gasteiger charge is 2.71. The molecule has 7 heteroatoms. The molecule has 0 aromatic rings. The van der Waals surface area contributed by atoms with Crippen LogP contribution in [0.1, 0.15) is 96.8 Å². The first-order valence-corrected chi connectivity index (χ1v) is 9.38. The van der Waals surface area contributed by atoms with Crippen molar-refractivity contribution in [2.45, 2.75) is 115 Å². The van der Waals surface area contributed by atoms with Crippen LogP contribution in [0.25, 0.3) is 0 Å². The lowest BCUT2D eigenvalue weighted by Crippen LogP contribution is -2.53. The molecule has 0 heterocycles. The Morgan fingerprint density at radius 1 is 0.440 bits per heavy atom. The topological polar surface area (TPSA) is 0 Å². The molecule has 25 heavy (non-hydrogen) atoms. The Morgan fingerprint density at radius 3 is 1.00 bits per heavy atom. The maximum absolute atomic E-state index is 13.4. The van der Waals surface area contributed by atoms with Gasteiger partial charge in [0.15, 0.2) is 0 Å². The van der Waals surface area contributed by atoms with Crippen molar-refractivity contribution >= 4 is 0 Å². The van der Waals surface area contributed by atoms with Gasteiger partial charge in [-0.05, 0) is 12.8 Å². The van der Waals surface area contributed by atoms with E-state index in [0.717, 1.165) is 25.7 Å². The minimum atomic E-state index is -5.91. The van der Waals surface area contributed by atoms with Crippen LogP contribution in [0, 0.1) is 0 Å². The van der Waals surface area contributed by atoms with E-state index in [2.05, 4.69) is 6.92 Å². The third-order valence-corrected chi connectivity index (χ3v) is 4.52. The molecule has 0 aromatic carbocycles. The first kappa shape index (κ1) is 24.5. The van der Waals surface area contributed by atoms with Gasteiger partial charge in [0.2, 0.25) is 0 Å². The van der Waals surface area contributed by atoms with Gasteiger partial charge in [-0.2, -0.15) is 26.3 Å². The summed E-state index contributed by atoms with van der Waals surface area (Å²) in [5.74, 6) is 0. The second-order valence-corrected chi connectivity index (χ2v) is 6.79. The van der Waals surface area contributed by atoms with Crippen LogP contribution in [0.3, 0.4) is 0 Å². The minimum absolute atomic E-state index is 0.189. The molecule has 152 valence electrons. The predicted octanol–water partition coefficient (Wildman–Crippen LogP) is 8.30. The quantitative estimate of drug-likeness (QED) is 0.210. The SMILES string of the molecule is CCCCCCCCCCCCCCCC(F)(C(F)(F)F)C(F)(F)F. The molecule has 0 nitrogen and oxygen atoms in total. The monoisotopic (exact) mass is 380 g/mol. The van der Waals surface area contributed by atoms with E-state index in [9.17, 15) is 30.7 Å². The number of halogens is 7. The first-order chi connectivity index (χ1) is 11.6. The van der Waals surface area contributed by atoms with Gasteiger partial charge >= 0.3 is 12.4 Å². The highest BCUT2D eigenvalue weighted by Crippen LogP contribution is 2.49. The third kappa shape index (κ3) is 9.69. The van der Waals surface area contributed by atoms with Gasteiger partial charge in [-0.3, -0.25) is 0 Å². The minimum Gasteiger partial charge on any atom is -0.224 e. The molecule has 0 fully saturated rings. The van der Waals surface area contributed by atoms with Crippen molar-refractivity contribution < 1.29 is 30.7 Å². The lowest BCUT2D eigenvalue weighted by atomic mass is 9.95. The summed E-state index contributed by atoms with van der Waals surface area (Å²) in [5, 5.41) is 0. The van der Waals surface area contributed by atoms with Crippen LogP contribution in [-0.4, -0.2) is 18.0 Å². The second-order valence-electron chi connectivity index (χ2n) is 6.79. The fraction of sp³-hybridized carbons (Fsp3) is 1.00. The fourth-order valence-corrected chi connectivity index (χ4v) is 2.83. The molecule has 0 aromatic heterocycles. The van der Waals surface area contributed by atoms with Gasteiger partial charge in [-0.25, -0.2) is 4.39 Å². The Morgan fingerprint density at radius 2 is 0.720 bits per heavy atom. The zero-order valence-electron chi connectivity index (χ0n) is 15.0. The standard InChI is InChI=1S/C18H31F7/c1-2-3-4-5-6-7-8-9-10-11-12-13-14-15-16(19,17(20,21)22)18(23,24)25/h2-15H2,1H3. The van der Waals surface area contributed by atoms with Gasteiger partial charge in [0.1, 0.15) is 0 Å².